The molecule has 0 bridgehead atoms. The van der Waals surface area contributed by atoms with Gasteiger partial charge in [0, 0.05) is 5.69 Å². The fourth-order valence-corrected chi connectivity index (χ4v) is 3.72. The van der Waals surface area contributed by atoms with E-state index < -0.39 is 6.04 Å². The van der Waals surface area contributed by atoms with Crippen molar-refractivity contribution >= 4 is 11.8 Å². The highest BCUT2D eigenvalue weighted by Crippen LogP contribution is 2.18. The van der Waals surface area contributed by atoms with Gasteiger partial charge in [0.2, 0.25) is 11.8 Å². The van der Waals surface area contributed by atoms with Gasteiger partial charge in [0.1, 0.15) is 6.04 Å². The molecule has 32 heavy (non-hydrogen) atoms. The molecule has 168 valence electrons. The summed E-state index contributed by atoms with van der Waals surface area (Å²) in [5.41, 5.74) is 4.93. The molecule has 3 aromatic rings. The number of hydrogen-bond acceptors (Lipinski definition) is 3. The molecule has 0 saturated heterocycles. The topological polar surface area (TPSA) is 76.0 Å². The molecule has 0 spiro atoms. The number of amides is 2. The normalized spacial score (nSPS) is 12.9. The van der Waals surface area contributed by atoms with Crippen molar-refractivity contribution in [3.05, 3.63) is 83.2 Å². The van der Waals surface area contributed by atoms with Gasteiger partial charge in [0.05, 0.1) is 23.8 Å². The van der Waals surface area contributed by atoms with Crippen LogP contribution >= 0.6 is 0 Å². The van der Waals surface area contributed by atoms with Gasteiger partial charge in [-0.2, -0.15) is 5.10 Å². The minimum Gasteiger partial charge on any atom is -0.348 e. The molecule has 3 rings (SSSR count). The van der Waals surface area contributed by atoms with Crippen molar-refractivity contribution in [2.75, 3.05) is 0 Å². The molecule has 0 saturated carbocycles. The molecule has 2 atom stereocenters. The van der Waals surface area contributed by atoms with Crippen molar-refractivity contribution in [1.29, 1.82) is 0 Å². The zero-order valence-electron chi connectivity index (χ0n) is 19.4. The predicted octanol–water partition coefficient (Wildman–Crippen LogP) is 4.05. The Labute approximate surface area is 190 Å². The summed E-state index contributed by atoms with van der Waals surface area (Å²) in [7, 11) is 0. The summed E-state index contributed by atoms with van der Waals surface area (Å²) < 4.78 is 1.90. The summed E-state index contributed by atoms with van der Waals surface area (Å²) in [4.78, 5) is 25.4. The van der Waals surface area contributed by atoms with E-state index in [1.165, 1.54) is 0 Å². The lowest BCUT2D eigenvalue weighted by Crippen LogP contribution is -2.50. The summed E-state index contributed by atoms with van der Waals surface area (Å²) in [6.07, 6.45) is 0.251. The molecule has 1 heterocycles. The minimum absolute atomic E-state index is 0.0321. The zero-order valence-corrected chi connectivity index (χ0v) is 19.4. The van der Waals surface area contributed by atoms with Crippen LogP contribution in [0.1, 0.15) is 49.3 Å². The third-order valence-electron chi connectivity index (χ3n) is 5.48. The van der Waals surface area contributed by atoms with Crippen LogP contribution in [0.4, 0.5) is 0 Å². The van der Waals surface area contributed by atoms with E-state index in [9.17, 15) is 9.59 Å². The van der Waals surface area contributed by atoms with Crippen molar-refractivity contribution in [2.45, 2.75) is 53.1 Å². The van der Waals surface area contributed by atoms with E-state index in [0.29, 0.717) is 0 Å². The molecule has 1 aromatic heterocycles. The Bertz CT molecular complexity index is 1060. The third-order valence-corrected chi connectivity index (χ3v) is 5.48. The van der Waals surface area contributed by atoms with Gasteiger partial charge in [-0.05, 0) is 56.0 Å². The van der Waals surface area contributed by atoms with E-state index in [1.54, 1.807) is 0 Å². The Morgan fingerprint density at radius 2 is 1.59 bits per heavy atom. The second-order valence-electron chi connectivity index (χ2n) is 8.61. The number of hydrogen-bond donors (Lipinski definition) is 2. The van der Waals surface area contributed by atoms with Gasteiger partial charge in [-0.15, -0.1) is 0 Å². The number of nitrogens with zero attached hydrogens (tertiary/aromatic N) is 2. The maximum absolute atomic E-state index is 13.0. The first-order valence-electron chi connectivity index (χ1n) is 11.0. The highest BCUT2D eigenvalue weighted by Gasteiger charge is 2.25. The molecule has 2 aromatic carbocycles. The van der Waals surface area contributed by atoms with Gasteiger partial charge >= 0.3 is 0 Å². The van der Waals surface area contributed by atoms with Crippen LogP contribution in [-0.4, -0.2) is 27.6 Å². The Hall–Kier alpha value is -3.41. The first-order valence-corrected chi connectivity index (χ1v) is 11.0. The highest BCUT2D eigenvalue weighted by molar-refractivity contribution is 5.88. The standard InChI is InChI=1S/C26H32N4O2/c1-17(2)25(28-24(31)16-21-9-7-6-8-10-21)26(32)27-20(5)22-11-13-23(14-12-22)30-19(4)15-18(3)29-30/h6-15,17,20,25H,16H2,1-5H3,(H,27,32)(H,28,31)/t20-,25-/m1/s1. The predicted molar refractivity (Wildman–Crippen MR) is 127 cm³/mol. The smallest absolute Gasteiger partial charge is 0.243 e. The monoisotopic (exact) mass is 432 g/mol. The average molecular weight is 433 g/mol. The molecule has 0 aliphatic heterocycles. The SMILES string of the molecule is Cc1cc(C)n(-c2ccc([C@@H](C)NC(=O)[C@H](NC(=O)Cc3ccccc3)C(C)C)cc2)n1. The zero-order chi connectivity index (χ0) is 23.3. The van der Waals surface area contributed by atoms with E-state index in [0.717, 1.165) is 28.2 Å². The molecule has 2 N–H and O–H groups in total. The molecule has 0 unspecified atom stereocenters. The molecule has 0 fully saturated rings. The average Bonchev–Trinajstić information content (AvgIpc) is 3.10. The molecule has 6 nitrogen and oxygen atoms in total. The number of benzene rings is 2. The van der Waals surface area contributed by atoms with E-state index in [-0.39, 0.29) is 30.2 Å². The molecule has 6 heteroatoms. The van der Waals surface area contributed by atoms with Crippen LogP contribution < -0.4 is 10.6 Å². The Kier molecular flexibility index (Phi) is 7.46. The number of rotatable bonds is 8. The van der Waals surface area contributed by atoms with Gasteiger partial charge < -0.3 is 10.6 Å². The van der Waals surface area contributed by atoms with Crippen molar-refractivity contribution in [3.8, 4) is 5.69 Å². The number of carbonyl (C=O) groups is 2. The molecule has 0 radical (unpaired) electrons. The quantitative estimate of drug-likeness (QED) is 0.564. The van der Waals surface area contributed by atoms with Gasteiger partial charge in [0.15, 0.2) is 0 Å². The van der Waals surface area contributed by atoms with Gasteiger partial charge in [-0.25, -0.2) is 4.68 Å². The molecular weight excluding hydrogens is 400 g/mol. The van der Waals surface area contributed by atoms with Crippen LogP contribution in [0.2, 0.25) is 0 Å². The fraction of sp³-hybridized carbons (Fsp3) is 0.346. The largest absolute Gasteiger partial charge is 0.348 e. The van der Waals surface area contributed by atoms with Crippen molar-refractivity contribution in [1.82, 2.24) is 20.4 Å². The van der Waals surface area contributed by atoms with Crippen LogP contribution in [0, 0.1) is 19.8 Å². The summed E-state index contributed by atoms with van der Waals surface area (Å²) in [5, 5.41) is 10.5. The minimum atomic E-state index is -0.595. The lowest BCUT2D eigenvalue weighted by atomic mass is 10.0. The number of aromatic nitrogens is 2. The molecule has 0 aliphatic carbocycles. The number of aryl methyl sites for hydroxylation is 2. The Morgan fingerprint density at radius 3 is 2.16 bits per heavy atom. The summed E-state index contributed by atoms with van der Waals surface area (Å²) >= 11 is 0. The highest BCUT2D eigenvalue weighted by atomic mass is 16.2. The molecule has 2 amide bonds. The van der Waals surface area contributed by atoms with Gasteiger partial charge in [0.25, 0.3) is 0 Å². The van der Waals surface area contributed by atoms with Crippen molar-refractivity contribution < 1.29 is 9.59 Å². The van der Waals surface area contributed by atoms with Crippen LogP contribution in [-0.2, 0) is 16.0 Å². The maximum atomic E-state index is 13.0. The maximum Gasteiger partial charge on any atom is 0.243 e. The fourth-order valence-electron chi connectivity index (χ4n) is 3.72. The van der Waals surface area contributed by atoms with Gasteiger partial charge in [-0.1, -0.05) is 56.3 Å². The van der Waals surface area contributed by atoms with Crippen molar-refractivity contribution in [3.63, 3.8) is 0 Å². The van der Waals surface area contributed by atoms with E-state index in [1.807, 2.05) is 100.0 Å². The summed E-state index contributed by atoms with van der Waals surface area (Å²) in [6, 6.07) is 18.8. The Morgan fingerprint density at radius 1 is 0.938 bits per heavy atom. The second kappa shape index (κ2) is 10.3. The lowest BCUT2D eigenvalue weighted by Gasteiger charge is -2.24. The summed E-state index contributed by atoms with van der Waals surface area (Å²) in [6.45, 7) is 9.80. The Balaban J connectivity index is 1.63. The molecule has 0 aliphatic rings. The van der Waals surface area contributed by atoms with E-state index in [2.05, 4.69) is 15.7 Å². The lowest BCUT2D eigenvalue weighted by molar-refractivity contribution is -0.130. The first kappa shape index (κ1) is 23.3. The number of nitrogens with one attached hydrogen (secondary N) is 2. The third kappa shape index (κ3) is 5.84. The van der Waals surface area contributed by atoms with Crippen LogP contribution in [0.5, 0.6) is 0 Å². The van der Waals surface area contributed by atoms with E-state index in [4.69, 9.17) is 0 Å². The summed E-state index contributed by atoms with van der Waals surface area (Å²) in [5.74, 6) is -0.376. The van der Waals surface area contributed by atoms with Gasteiger partial charge in [-0.3, -0.25) is 9.59 Å². The van der Waals surface area contributed by atoms with Crippen molar-refractivity contribution in [2.24, 2.45) is 5.92 Å². The van der Waals surface area contributed by atoms with Crippen LogP contribution in [0.3, 0.4) is 0 Å². The second-order valence-corrected chi connectivity index (χ2v) is 8.61. The van der Waals surface area contributed by atoms with E-state index >= 15 is 0 Å². The van der Waals surface area contributed by atoms with Crippen LogP contribution in [0.15, 0.2) is 60.7 Å². The number of carbonyl (C=O) groups excluding carboxylic acids is 2. The molecular formula is C26H32N4O2. The first-order chi connectivity index (χ1) is 15.2. The van der Waals surface area contributed by atoms with Crippen LogP contribution in [0.25, 0.3) is 5.69 Å².